The summed E-state index contributed by atoms with van der Waals surface area (Å²) >= 11 is 0. The molecule has 0 aromatic carbocycles. The van der Waals surface area contributed by atoms with Gasteiger partial charge in [-0.15, -0.1) is 0 Å². The number of carbonyl (C=O) groups is 4. The first-order valence-electron chi connectivity index (χ1n) is 9.70. The molecule has 3 unspecified atom stereocenters. The standard InChI is InChI=1S/C19H36N4O5/c1-10(2)7-13(20)17(25)21-9-15(24)23-16(12(5)6)18(26)22-14(19(27)28)8-11(3)4/h10-14,16H,7-9,20H2,1-6H3,(H,21,25)(H,22,26)(H,23,24)(H,27,28). The summed E-state index contributed by atoms with van der Waals surface area (Å²) in [7, 11) is 0. The van der Waals surface area contributed by atoms with Crippen LogP contribution in [0.25, 0.3) is 0 Å². The zero-order valence-electron chi connectivity index (χ0n) is 17.7. The molecular formula is C19H36N4O5. The van der Waals surface area contributed by atoms with Crippen LogP contribution in [0.15, 0.2) is 0 Å². The molecule has 162 valence electrons. The highest BCUT2D eigenvalue weighted by Crippen LogP contribution is 2.08. The van der Waals surface area contributed by atoms with E-state index in [0.29, 0.717) is 6.42 Å². The van der Waals surface area contributed by atoms with E-state index in [4.69, 9.17) is 5.73 Å². The van der Waals surface area contributed by atoms with Gasteiger partial charge in [0, 0.05) is 0 Å². The summed E-state index contributed by atoms with van der Waals surface area (Å²) in [4.78, 5) is 47.9. The Balaban J connectivity index is 4.79. The molecule has 9 nitrogen and oxygen atoms in total. The minimum absolute atomic E-state index is 0.0822. The molecule has 0 aliphatic heterocycles. The molecule has 0 bridgehead atoms. The third kappa shape index (κ3) is 10.2. The van der Waals surface area contributed by atoms with E-state index in [1.165, 1.54) is 0 Å². The molecule has 0 aromatic rings. The number of nitrogens with one attached hydrogen (secondary N) is 3. The molecule has 0 saturated heterocycles. The number of nitrogens with two attached hydrogens (primary N) is 1. The maximum absolute atomic E-state index is 12.5. The number of hydrogen-bond donors (Lipinski definition) is 5. The summed E-state index contributed by atoms with van der Waals surface area (Å²) in [6.07, 6.45) is 0.778. The van der Waals surface area contributed by atoms with Crippen LogP contribution >= 0.6 is 0 Å². The maximum Gasteiger partial charge on any atom is 0.326 e. The molecule has 0 rings (SSSR count). The molecule has 0 fully saturated rings. The van der Waals surface area contributed by atoms with E-state index in [2.05, 4.69) is 16.0 Å². The summed E-state index contributed by atoms with van der Waals surface area (Å²) < 4.78 is 0. The Morgan fingerprint density at radius 2 is 1.39 bits per heavy atom. The van der Waals surface area contributed by atoms with E-state index < -0.39 is 41.8 Å². The molecule has 0 saturated carbocycles. The lowest BCUT2D eigenvalue weighted by Gasteiger charge is -2.25. The Morgan fingerprint density at radius 1 is 0.857 bits per heavy atom. The van der Waals surface area contributed by atoms with Crippen molar-refractivity contribution in [2.24, 2.45) is 23.5 Å². The van der Waals surface area contributed by atoms with Crippen molar-refractivity contribution in [3.8, 4) is 0 Å². The first-order chi connectivity index (χ1) is 12.8. The fourth-order valence-electron chi connectivity index (χ4n) is 2.63. The van der Waals surface area contributed by atoms with Gasteiger partial charge in [-0.05, 0) is 30.6 Å². The average molecular weight is 401 g/mol. The van der Waals surface area contributed by atoms with Crippen molar-refractivity contribution in [2.45, 2.75) is 72.5 Å². The molecule has 0 spiro atoms. The van der Waals surface area contributed by atoms with Gasteiger partial charge >= 0.3 is 5.97 Å². The second kappa shape index (κ2) is 12.3. The van der Waals surface area contributed by atoms with Gasteiger partial charge < -0.3 is 26.8 Å². The van der Waals surface area contributed by atoms with Crippen molar-refractivity contribution in [3.05, 3.63) is 0 Å². The number of carboxylic acids is 1. The third-order valence-electron chi connectivity index (χ3n) is 4.07. The Kier molecular flexibility index (Phi) is 11.4. The van der Waals surface area contributed by atoms with Crippen LogP contribution in [0.2, 0.25) is 0 Å². The van der Waals surface area contributed by atoms with E-state index in [1.807, 2.05) is 27.7 Å². The molecule has 28 heavy (non-hydrogen) atoms. The van der Waals surface area contributed by atoms with E-state index in [0.717, 1.165) is 0 Å². The third-order valence-corrected chi connectivity index (χ3v) is 4.07. The minimum Gasteiger partial charge on any atom is -0.480 e. The lowest BCUT2D eigenvalue weighted by Crippen LogP contribution is -2.55. The molecule has 0 aliphatic carbocycles. The summed E-state index contributed by atoms with van der Waals surface area (Å²) in [5, 5.41) is 16.8. The zero-order valence-corrected chi connectivity index (χ0v) is 17.7. The van der Waals surface area contributed by atoms with Gasteiger partial charge in [-0.25, -0.2) is 4.79 Å². The van der Waals surface area contributed by atoms with Crippen molar-refractivity contribution in [2.75, 3.05) is 6.54 Å². The highest BCUT2D eigenvalue weighted by atomic mass is 16.4. The van der Waals surface area contributed by atoms with E-state index >= 15 is 0 Å². The molecular weight excluding hydrogens is 364 g/mol. The number of hydrogen-bond acceptors (Lipinski definition) is 5. The topological polar surface area (TPSA) is 151 Å². The Morgan fingerprint density at radius 3 is 1.82 bits per heavy atom. The van der Waals surface area contributed by atoms with Crippen molar-refractivity contribution >= 4 is 23.7 Å². The van der Waals surface area contributed by atoms with Crippen molar-refractivity contribution in [3.63, 3.8) is 0 Å². The number of carbonyl (C=O) groups excluding carboxylic acids is 3. The second-order valence-electron chi connectivity index (χ2n) is 8.27. The monoisotopic (exact) mass is 400 g/mol. The maximum atomic E-state index is 12.5. The lowest BCUT2D eigenvalue weighted by atomic mass is 10.0. The summed E-state index contributed by atoms with van der Waals surface area (Å²) in [6.45, 7) is 10.8. The van der Waals surface area contributed by atoms with Crippen LogP contribution < -0.4 is 21.7 Å². The van der Waals surface area contributed by atoms with Crippen molar-refractivity contribution in [1.29, 1.82) is 0 Å². The molecule has 9 heteroatoms. The highest BCUT2D eigenvalue weighted by Gasteiger charge is 2.29. The Labute approximate surface area is 167 Å². The largest absolute Gasteiger partial charge is 0.480 e. The molecule has 0 heterocycles. The van der Waals surface area contributed by atoms with Gasteiger partial charge in [0.1, 0.15) is 12.1 Å². The molecule has 0 aromatic heterocycles. The normalized spacial score (nSPS) is 14.5. The van der Waals surface area contributed by atoms with Gasteiger partial charge in [-0.1, -0.05) is 41.5 Å². The first-order valence-corrected chi connectivity index (χ1v) is 9.70. The fraction of sp³-hybridized carbons (Fsp3) is 0.789. The van der Waals surface area contributed by atoms with E-state index in [9.17, 15) is 24.3 Å². The highest BCUT2D eigenvalue weighted by molar-refractivity contribution is 5.92. The van der Waals surface area contributed by atoms with Crippen molar-refractivity contribution in [1.82, 2.24) is 16.0 Å². The lowest BCUT2D eigenvalue weighted by molar-refractivity contribution is -0.143. The SMILES string of the molecule is CC(C)CC(N)C(=O)NCC(=O)NC(C(=O)NC(CC(C)C)C(=O)O)C(C)C. The van der Waals surface area contributed by atoms with Crippen LogP contribution in [0.3, 0.4) is 0 Å². The minimum atomic E-state index is -1.12. The molecule has 6 N–H and O–H groups in total. The predicted octanol–water partition coefficient (Wildman–Crippen LogP) is 0.232. The second-order valence-corrected chi connectivity index (χ2v) is 8.27. The number of carboxylic acid groups (broad SMARTS) is 1. The number of amides is 3. The molecule has 3 amide bonds. The summed E-state index contributed by atoms with van der Waals surface area (Å²) in [5.74, 6) is -2.61. The van der Waals surface area contributed by atoms with Gasteiger partial charge in [0.15, 0.2) is 0 Å². The summed E-state index contributed by atoms with van der Waals surface area (Å²) in [6, 6.07) is -2.65. The van der Waals surface area contributed by atoms with Crippen molar-refractivity contribution < 1.29 is 24.3 Å². The van der Waals surface area contributed by atoms with Crippen LogP contribution in [-0.2, 0) is 19.2 Å². The van der Waals surface area contributed by atoms with Gasteiger partial charge in [0.25, 0.3) is 0 Å². The van der Waals surface area contributed by atoms with Gasteiger partial charge in [0.2, 0.25) is 17.7 Å². The number of rotatable bonds is 12. The van der Waals surface area contributed by atoms with Crippen LogP contribution in [0.5, 0.6) is 0 Å². The van der Waals surface area contributed by atoms with Gasteiger partial charge in [-0.2, -0.15) is 0 Å². The fourth-order valence-corrected chi connectivity index (χ4v) is 2.63. The van der Waals surface area contributed by atoms with Gasteiger partial charge in [0.05, 0.1) is 12.6 Å². The van der Waals surface area contributed by atoms with Crippen LogP contribution in [-0.4, -0.2) is 53.5 Å². The predicted molar refractivity (Wildman–Crippen MR) is 106 cm³/mol. The van der Waals surface area contributed by atoms with Crippen LogP contribution in [0.1, 0.15) is 54.4 Å². The van der Waals surface area contributed by atoms with Crippen LogP contribution in [0.4, 0.5) is 0 Å². The molecule has 0 aliphatic rings. The van der Waals surface area contributed by atoms with E-state index in [-0.39, 0.29) is 30.7 Å². The smallest absolute Gasteiger partial charge is 0.326 e. The Hall–Kier alpha value is -2.16. The average Bonchev–Trinajstić information content (AvgIpc) is 2.55. The Bertz CT molecular complexity index is 548. The summed E-state index contributed by atoms with van der Waals surface area (Å²) in [5.41, 5.74) is 5.76. The zero-order chi connectivity index (χ0) is 22.0. The number of aliphatic carboxylic acids is 1. The quantitative estimate of drug-likeness (QED) is 0.316. The molecule has 0 radical (unpaired) electrons. The van der Waals surface area contributed by atoms with Crippen LogP contribution in [0, 0.1) is 17.8 Å². The molecule has 3 atom stereocenters. The van der Waals surface area contributed by atoms with Gasteiger partial charge in [-0.3, -0.25) is 14.4 Å². The van der Waals surface area contributed by atoms with E-state index in [1.54, 1.807) is 13.8 Å². The first kappa shape index (κ1) is 25.8.